The molecule has 0 bridgehead atoms. The number of aliphatic carboxylic acids is 1. The van der Waals surface area contributed by atoms with Gasteiger partial charge in [0.25, 0.3) is 11.8 Å². The molecule has 0 unspecified atom stereocenters. The van der Waals surface area contributed by atoms with Crippen LogP contribution in [0.25, 0.3) is 0 Å². The molecule has 0 spiro atoms. The third kappa shape index (κ3) is 6.43. The van der Waals surface area contributed by atoms with Crippen LogP contribution in [-0.4, -0.2) is 92.3 Å². The molecule has 2 aliphatic heterocycles. The Morgan fingerprint density at radius 3 is 2.73 bits per heavy atom. The Labute approximate surface area is 273 Å². The van der Waals surface area contributed by atoms with E-state index in [0.717, 1.165) is 52.0 Å². The predicted octanol–water partition coefficient (Wildman–Crippen LogP) is 0.727. The first kappa shape index (κ1) is 32.1. The van der Waals surface area contributed by atoms with Gasteiger partial charge < -0.3 is 31.3 Å². The maximum Gasteiger partial charge on any atom is 0.352 e. The zero-order valence-electron chi connectivity index (χ0n) is 22.6. The molecule has 22 heteroatoms. The molecule has 5 heterocycles. The van der Waals surface area contributed by atoms with E-state index in [0.29, 0.717) is 19.5 Å². The van der Waals surface area contributed by atoms with E-state index in [1.165, 1.54) is 30.6 Å². The van der Waals surface area contributed by atoms with E-state index in [2.05, 4.69) is 30.3 Å². The summed E-state index contributed by atoms with van der Waals surface area (Å²) < 4.78 is 9.35. The second-order valence-electron chi connectivity index (χ2n) is 8.90. The number of anilines is 1. The number of hydrogen-bond acceptors (Lipinski definition) is 18. The van der Waals surface area contributed by atoms with Gasteiger partial charge >= 0.3 is 5.97 Å². The van der Waals surface area contributed by atoms with Gasteiger partial charge in [-0.1, -0.05) is 16.9 Å². The summed E-state index contributed by atoms with van der Waals surface area (Å²) in [6.45, 7) is 0. The molecule has 1 fully saturated rings. The van der Waals surface area contributed by atoms with E-state index in [9.17, 15) is 39.9 Å². The molecule has 3 aromatic heterocycles. The number of aromatic nitrogens is 4. The lowest BCUT2D eigenvalue weighted by atomic mass is 10.0. The van der Waals surface area contributed by atoms with Gasteiger partial charge in [-0.25, -0.2) is 4.79 Å². The number of nitrogen functional groups attached to an aromatic ring is 1. The van der Waals surface area contributed by atoms with Crippen molar-refractivity contribution < 1.29 is 34.6 Å². The number of nitrogens with two attached hydrogens (primary N) is 1. The van der Waals surface area contributed by atoms with Crippen LogP contribution in [0.3, 0.4) is 0 Å². The Morgan fingerprint density at radius 1 is 1.29 bits per heavy atom. The number of β-lactam (4-membered cyclic amide) rings is 1. The molecular weight excluding hydrogens is 691 g/mol. The van der Waals surface area contributed by atoms with Gasteiger partial charge in [-0.15, -0.1) is 23.5 Å². The first-order valence-electron chi connectivity index (χ1n) is 12.2. The highest BCUT2D eigenvalue weighted by Crippen LogP contribution is 2.43. The quantitative estimate of drug-likeness (QED) is 0.0604. The summed E-state index contributed by atoms with van der Waals surface area (Å²) in [5, 5.41) is 45.1. The fraction of sp³-hybridized carbons (Fsp3) is 0.261. The van der Waals surface area contributed by atoms with Crippen LogP contribution >= 0.6 is 58.4 Å². The molecule has 2 amide bonds. The normalized spacial score (nSPS) is 17.8. The standard InChI is InChI=1S/C23H19N9O8S5/c1-40-28-13(16-27-23(25)45-29-16)17(35)26-14-19(36)32-15(21(37)38)8(5-42-20(14)32)6-43-22-10(3-24)18(30-44-22)41-7-9-2-11(33)12(34)4-31(9)39/h2,4,14,20,34,39H,5-7H2,1H3,(H,26,35)(H,37,38)(H2,25,27,29)/t14-,20+/m1/s1. The monoisotopic (exact) mass is 709 g/mol. The van der Waals surface area contributed by atoms with Crippen LogP contribution in [0.4, 0.5) is 5.13 Å². The van der Waals surface area contributed by atoms with Crippen LogP contribution in [0.15, 0.2) is 42.7 Å². The fourth-order valence-electron chi connectivity index (χ4n) is 4.12. The van der Waals surface area contributed by atoms with Gasteiger partial charge in [0.2, 0.25) is 17.0 Å². The minimum atomic E-state index is -1.32. The number of thioether (sulfide) groups is 3. The zero-order valence-corrected chi connectivity index (χ0v) is 26.6. The topological polar surface area (TPSA) is 259 Å². The average molecular weight is 710 g/mol. The van der Waals surface area contributed by atoms with Crippen LogP contribution in [0.2, 0.25) is 0 Å². The molecule has 2 atom stereocenters. The van der Waals surface area contributed by atoms with Crippen LogP contribution in [0.5, 0.6) is 5.75 Å². The molecule has 1 saturated heterocycles. The molecule has 234 valence electrons. The summed E-state index contributed by atoms with van der Waals surface area (Å²) in [6.07, 6.45) is 0.870. The minimum Gasteiger partial charge on any atom is -0.503 e. The SMILES string of the molecule is CON=C(C(=O)N[C@@H]1C(=O)N2C(C(=O)O)=C(CSc3snc(SCc4cc(=O)c(O)cn4O)c3C#N)CS[C@@H]12)c1nsc(N)n1. The Morgan fingerprint density at radius 2 is 2.07 bits per heavy atom. The number of nitriles is 1. The minimum absolute atomic E-state index is 0.0722. The number of rotatable bonds is 11. The van der Waals surface area contributed by atoms with Gasteiger partial charge in [-0.05, 0) is 17.1 Å². The second kappa shape index (κ2) is 13.4. The van der Waals surface area contributed by atoms with Gasteiger partial charge in [-0.2, -0.15) is 23.7 Å². The summed E-state index contributed by atoms with van der Waals surface area (Å²) in [4.78, 5) is 59.8. The average Bonchev–Trinajstić information content (AvgIpc) is 3.62. The Hall–Kier alpha value is -4.30. The molecule has 2 aliphatic rings. The number of nitrogens with one attached hydrogen (secondary N) is 1. The van der Waals surface area contributed by atoms with Crippen molar-refractivity contribution in [2.45, 2.75) is 26.4 Å². The van der Waals surface area contributed by atoms with Crippen LogP contribution in [0.1, 0.15) is 17.1 Å². The number of fused-ring (bicyclic) bond motifs is 1. The molecule has 0 radical (unpaired) electrons. The lowest BCUT2D eigenvalue weighted by molar-refractivity contribution is -0.150. The van der Waals surface area contributed by atoms with E-state index >= 15 is 0 Å². The maximum absolute atomic E-state index is 13.1. The lowest BCUT2D eigenvalue weighted by Crippen LogP contribution is -2.71. The number of carboxylic acids is 1. The van der Waals surface area contributed by atoms with Crippen LogP contribution in [0, 0.1) is 11.3 Å². The number of carboxylic acid groups (broad SMARTS) is 1. The van der Waals surface area contributed by atoms with Gasteiger partial charge in [0.1, 0.15) is 40.9 Å². The van der Waals surface area contributed by atoms with Gasteiger partial charge in [0, 0.05) is 34.9 Å². The van der Waals surface area contributed by atoms with Gasteiger partial charge in [0.05, 0.1) is 16.1 Å². The van der Waals surface area contributed by atoms with Crippen molar-refractivity contribution in [3.63, 3.8) is 0 Å². The number of aromatic hydroxyl groups is 1. The van der Waals surface area contributed by atoms with Crippen LogP contribution < -0.4 is 16.5 Å². The highest BCUT2D eigenvalue weighted by molar-refractivity contribution is 8.02. The largest absolute Gasteiger partial charge is 0.503 e. The summed E-state index contributed by atoms with van der Waals surface area (Å²) in [6, 6.07) is 2.11. The fourth-order valence-corrected chi connectivity index (χ4v) is 9.09. The Bertz CT molecular complexity index is 1860. The highest BCUT2D eigenvalue weighted by atomic mass is 32.2. The molecule has 0 saturated carbocycles. The number of amides is 2. The van der Waals surface area contributed by atoms with Gasteiger partial charge in [0.15, 0.2) is 10.9 Å². The molecule has 5 rings (SSSR count). The molecular formula is C23H19N9O8S5. The molecule has 17 nitrogen and oxygen atoms in total. The van der Waals surface area contributed by atoms with E-state index in [4.69, 9.17) is 10.6 Å². The van der Waals surface area contributed by atoms with Crippen molar-refractivity contribution >= 4 is 87.0 Å². The highest BCUT2D eigenvalue weighted by Gasteiger charge is 2.54. The van der Waals surface area contributed by atoms with Gasteiger partial charge in [-0.3, -0.25) is 19.3 Å². The van der Waals surface area contributed by atoms with E-state index in [-0.39, 0.29) is 50.9 Å². The smallest absolute Gasteiger partial charge is 0.352 e. The number of nitrogens with zero attached hydrogens (tertiary/aromatic N) is 7. The first-order valence-corrected chi connectivity index (χ1v) is 16.8. The number of hydrogen-bond donors (Lipinski definition) is 5. The van der Waals surface area contributed by atoms with E-state index < -0.39 is 40.4 Å². The Kier molecular flexibility index (Phi) is 9.53. The van der Waals surface area contributed by atoms with Crippen LogP contribution in [-0.2, 0) is 25.0 Å². The molecule has 45 heavy (non-hydrogen) atoms. The molecule has 3 aromatic rings. The molecule has 6 N–H and O–H groups in total. The maximum atomic E-state index is 13.1. The van der Waals surface area contributed by atoms with E-state index in [1.54, 1.807) is 0 Å². The molecule has 0 aliphatic carbocycles. The van der Waals surface area contributed by atoms with Crippen molar-refractivity contribution in [1.29, 1.82) is 5.26 Å². The van der Waals surface area contributed by atoms with Crippen molar-refractivity contribution in [2.24, 2.45) is 5.16 Å². The third-order valence-corrected chi connectivity index (χ3v) is 11.3. The number of oxime groups is 1. The summed E-state index contributed by atoms with van der Waals surface area (Å²) in [5.41, 5.74) is 5.29. The van der Waals surface area contributed by atoms with E-state index in [1.807, 2.05) is 0 Å². The Balaban J connectivity index is 1.27. The number of pyridine rings is 1. The molecule has 0 aromatic carbocycles. The van der Waals surface area contributed by atoms with Crippen molar-refractivity contribution in [1.82, 2.24) is 28.7 Å². The second-order valence-corrected chi connectivity index (χ2v) is 13.8. The number of carbonyl (C=O) groups is 3. The summed E-state index contributed by atoms with van der Waals surface area (Å²) in [7, 11) is 1.22. The lowest BCUT2D eigenvalue weighted by Gasteiger charge is -2.49. The first-order chi connectivity index (χ1) is 21.5. The number of carbonyl (C=O) groups excluding carboxylic acids is 2. The predicted molar refractivity (Wildman–Crippen MR) is 164 cm³/mol. The van der Waals surface area contributed by atoms with Crippen molar-refractivity contribution in [3.05, 3.63) is 50.8 Å². The van der Waals surface area contributed by atoms with Crippen molar-refractivity contribution in [3.8, 4) is 11.8 Å². The zero-order chi connectivity index (χ0) is 32.4. The third-order valence-electron chi connectivity index (χ3n) is 6.15. The van der Waals surface area contributed by atoms with Crippen molar-refractivity contribution in [2.75, 3.05) is 24.3 Å². The summed E-state index contributed by atoms with van der Waals surface area (Å²) >= 11 is 5.42. The summed E-state index contributed by atoms with van der Waals surface area (Å²) in [5.74, 6) is -3.00.